The van der Waals surface area contributed by atoms with E-state index in [4.69, 9.17) is 5.73 Å². The third-order valence-electron chi connectivity index (χ3n) is 4.38. The molecule has 4 aromatic rings. The van der Waals surface area contributed by atoms with Crippen molar-refractivity contribution in [3.63, 3.8) is 0 Å². The number of hydrogen-bond donors (Lipinski definition) is 2. The molecule has 2 aromatic carbocycles. The van der Waals surface area contributed by atoms with Crippen LogP contribution in [0.4, 0.5) is 10.1 Å². The summed E-state index contributed by atoms with van der Waals surface area (Å²) >= 11 is 0. The number of aryl methyl sites for hydroxylation is 1. The van der Waals surface area contributed by atoms with Crippen LogP contribution in [0.2, 0.25) is 0 Å². The smallest absolute Gasteiger partial charge is 0.269 e. The molecule has 7 nitrogen and oxygen atoms in total. The van der Waals surface area contributed by atoms with Gasteiger partial charge in [-0.1, -0.05) is 0 Å². The molecule has 0 aliphatic carbocycles. The van der Waals surface area contributed by atoms with Crippen LogP contribution in [-0.4, -0.2) is 26.6 Å². The van der Waals surface area contributed by atoms with Gasteiger partial charge in [0, 0.05) is 29.0 Å². The van der Waals surface area contributed by atoms with E-state index in [1.165, 1.54) is 22.9 Å². The maximum atomic E-state index is 13.5. The molecule has 0 atom stereocenters. The van der Waals surface area contributed by atoms with Crippen molar-refractivity contribution in [2.75, 3.05) is 5.32 Å². The fourth-order valence-electron chi connectivity index (χ4n) is 3.02. The molecule has 0 aliphatic rings. The van der Waals surface area contributed by atoms with E-state index in [0.29, 0.717) is 33.5 Å². The summed E-state index contributed by atoms with van der Waals surface area (Å²) in [4.78, 5) is 28.2. The number of anilines is 1. The quantitative estimate of drug-likeness (QED) is 0.559. The Morgan fingerprint density at radius 1 is 1.07 bits per heavy atom. The van der Waals surface area contributed by atoms with Crippen molar-refractivity contribution in [3.8, 4) is 5.69 Å². The summed E-state index contributed by atoms with van der Waals surface area (Å²) in [6.07, 6.45) is 1.62. The standard InChI is InChI=1S/C21H16FN5O2/c1-12-10-17(16-7-2-13(22)11-19(16)24-12)21(29)25-14-3-5-15(6-4-14)27-9-8-18(26-27)20(23)28/h2-11H,1H3,(H2,23,28)(H,25,29). The van der Waals surface area contributed by atoms with Gasteiger partial charge in [0.15, 0.2) is 0 Å². The molecule has 0 bridgehead atoms. The molecule has 144 valence electrons. The molecule has 2 amide bonds. The minimum Gasteiger partial charge on any atom is -0.364 e. The van der Waals surface area contributed by atoms with Crippen LogP contribution in [0.25, 0.3) is 16.6 Å². The van der Waals surface area contributed by atoms with Crippen LogP contribution < -0.4 is 11.1 Å². The Hall–Kier alpha value is -4.07. The first-order chi connectivity index (χ1) is 13.9. The average molecular weight is 389 g/mol. The lowest BCUT2D eigenvalue weighted by Gasteiger charge is -2.10. The molecule has 2 aromatic heterocycles. The van der Waals surface area contributed by atoms with Gasteiger partial charge >= 0.3 is 0 Å². The molecule has 0 fully saturated rings. The van der Waals surface area contributed by atoms with Gasteiger partial charge < -0.3 is 11.1 Å². The van der Waals surface area contributed by atoms with Gasteiger partial charge in [0.25, 0.3) is 11.8 Å². The largest absolute Gasteiger partial charge is 0.364 e. The van der Waals surface area contributed by atoms with Crippen molar-refractivity contribution in [2.45, 2.75) is 6.92 Å². The summed E-state index contributed by atoms with van der Waals surface area (Å²) in [5.41, 5.74) is 8.11. The maximum Gasteiger partial charge on any atom is 0.269 e. The Balaban J connectivity index is 1.59. The van der Waals surface area contributed by atoms with E-state index in [9.17, 15) is 14.0 Å². The number of primary amides is 1. The third-order valence-corrected chi connectivity index (χ3v) is 4.38. The van der Waals surface area contributed by atoms with Gasteiger partial charge in [-0.3, -0.25) is 14.6 Å². The predicted octanol–water partition coefficient (Wildman–Crippen LogP) is 3.22. The molecule has 0 unspecified atom stereocenters. The molecule has 8 heteroatoms. The lowest BCUT2D eigenvalue weighted by Crippen LogP contribution is -2.13. The van der Waals surface area contributed by atoms with Crippen LogP contribution in [0, 0.1) is 12.7 Å². The fourth-order valence-corrected chi connectivity index (χ4v) is 3.02. The number of carbonyl (C=O) groups is 2. The van der Waals surface area contributed by atoms with Crippen LogP contribution in [-0.2, 0) is 0 Å². The molecular formula is C21H16FN5O2. The zero-order chi connectivity index (χ0) is 20.5. The second-order valence-electron chi connectivity index (χ2n) is 6.48. The normalized spacial score (nSPS) is 10.8. The van der Waals surface area contributed by atoms with Gasteiger partial charge in [-0.2, -0.15) is 5.10 Å². The Kier molecular flexibility index (Phi) is 4.52. The van der Waals surface area contributed by atoms with E-state index in [2.05, 4.69) is 15.4 Å². The number of pyridine rings is 1. The van der Waals surface area contributed by atoms with Gasteiger partial charge in [0.1, 0.15) is 11.5 Å². The van der Waals surface area contributed by atoms with Crippen molar-refractivity contribution in [1.82, 2.24) is 14.8 Å². The molecular weight excluding hydrogens is 373 g/mol. The fraction of sp³-hybridized carbons (Fsp3) is 0.0476. The number of fused-ring (bicyclic) bond motifs is 1. The number of halogens is 1. The van der Waals surface area contributed by atoms with Crippen LogP contribution in [0.5, 0.6) is 0 Å². The topological polar surface area (TPSA) is 103 Å². The lowest BCUT2D eigenvalue weighted by molar-refractivity contribution is 0.0993. The number of nitrogens with two attached hydrogens (primary N) is 1. The Bertz CT molecular complexity index is 1240. The number of carbonyl (C=O) groups excluding carboxylic acids is 2. The molecule has 0 saturated carbocycles. The number of hydrogen-bond acceptors (Lipinski definition) is 4. The molecule has 0 saturated heterocycles. The summed E-state index contributed by atoms with van der Waals surface area (Å²) in [5.74, 6) is -1.34. The molecule has 0 spiro atoms. The average Bonchev–Trinajstić information content (AvgIpc) is 3.18. The number of nitrogens with one attached hydrogen (secondary N) is 1. The van der Waals surface area contributed by atoms with Gasteiger partial charge in [-0.05, 0) is 55.5 Å². The van der Waals surface area contributed by atoms with Gasteiger partial charge in [0.05, 0.1) is 16.8 Å². The van der Waals surface area contributed by atoms with Crippen molar-refractivity contribution in [1.29, 1.82) is 0 Å². The minimum absolute atomic E-state index is 0.166. The summed E-state index contributed by atoms with van der Waals surface area (Å²) in [6.45, 7) is 1.75. The van der Waals surface area contributed by atoms with Crippen LogP contribution in [0.1, 0.15) is 26.5 Å². The van der Waals surface area contributed by atoms with E-state index in [-0.39, 0.29) is 11.6 Å². The SMILES string of the molecule is Cc1cc(C(=O)Nc2ccc(-n3ccc(C(N)=O)n3)cc2)c2ccc(F)cc2n1. The zero-order valence-electron chi connectivity index (χ0n) is 15.4. The highest BCUT2D eigenvalue weighted by Gasteiger charge is 2.13. The highest BCUT2D eigenvalue weighted by atomic mass is 19.1. The van der Waals surface area contributed by atoms with Crippen molar-refractivity contribution < 1.29 is 14.0 Å². The Labute approximate surface area is 165 Å². The molecule has 2 heterocycles. The van der Waals surface area contributed by atoms with Crippen LogP contribution >= 0.6 is 0 Å². The van der Waals surface area contributed by atoms with E-state index in [0.717, 1.165) is 0 Å². The summed E-state index contributed by atoms with van der Waals surface area (Å²) < 4.78 is 15.0. The zero-order valence-corrected chi connectivity index (χ0v) is 15.4. The summed E-state index contributed by atoms with van der Waals surface area (Å²) in [7, 11) is 0. The van der Waals surface area contributed by atoms with Gasteiger partial charge in [0.2, 0.25) is 0 Å². The highest BCUT2D eigenvalue weighted by Crippen LogP contribution is 2.21. The minimum atomic E-state index is -0.604. The second-order valence-corrected chi connectivity index (χ2v) is 6.48. The first kappa shape index (κ1) is 18.3. The highest BCUT2D eigenvalue weighted by molar-refractivity contribution is 6.12. The van der Waals surface area contributed by atoms with Crippen molar-refractivity contribution in [3.05, 3.63) is 83.6 Å². The third kappa shape index (κ3) is 3.68. The first-order valence-corrected chi connectivity index (χ1v) is 8.75. The second kappa shape index (κ2) is 7.16. The summed E-state index contributed by atoms with van der Waals surface area (Å²) in [5, 5.41) is 7.49. The van der Waals surface area contributed by atoms with Gasteiger partial charge in [-0.25, -0.2) is 9.07 Å². The van der Waals surface area contributed by atoms with Crippen molar-refractivity contribution in [2.24, 2.45) is 5.73 Å². The molecule has 0 radical (unpaired) electrons. The van der Waals surface area contributed by atoms with E-state index >= 15 is 0 Å². The number of rotatable bonds is 4. The van der Waals surface area contributed by atoms with Crippen molar-refractivity contribution >= 4 is 28.4 Å². The first-order valence-electron chi connectivity index (χ1n) is 8.75. The Morgan fingerprint density at radius 2 is 1.83 bits per heavy atom. The number of benzene rings is 2. The predicted molar refractivity (Wildman–Crippen MR) is 106 cm³/mol. The monoisotopic (exact) mass is 389 g/mol. The maximum absolute atomic E-state index is 13.5. The number of amides is 2. The lowest BCUT2D eigenvalue weighted by atomic mass is 10.1. The van der Waals surface area contributed by atoms with Gasteiger partial charge in [-0.15, -0.1) is 0 Å². The van der Waals surface area contributed by atoms with E-state index in [1.54, 1.807) is 49.5 Å². The van der Waals surface area contributed by atoms with Crippen LogP contribution in [0.3, 0.4) is 0 Å². The molecule has 3 N–H and O–H groups in total. The Morgan fingerprint density at radius 3 is 2.52 bits per heavy atom. The molecule has 4 rings (SSSR count). The van der Waals surface area contributed by atoms with E-state index < -0.39 is 11.7 Å². The number of nitrogens with zero attached hydrogens (tertiary/aromatic N) is 3. The number of aromatic nitrogens is 3. The summed E-state index contributed by atoms with van der Waals surface area (Å²) in [6, 6.07) is 14.3. The van der Waals surface area contributed by atoms with Crippen LogP contribution in [0.15, 0.2) is 60.8 Å². The van der Waals surface area contributed by atoms with E-state index in [1.807, 2.05) is 0 Å². The molecule has 0 aliphatic heterocycles. The molecule has 29 heavy (non-hydrogen) atoms.